The highest BCUT2D eigenvalue weighted by molar-refractivity contribution is 5.41. The number of morpholine rings is 1. The Morgan fingerprint density at radius 2 is 1.84 bits per heavy atom. The zero-order valence-electron chi connectivity index (χ0n) is 11.8. The minimum atomic E-state index is 0.335. The van der Waals surface area contributed by atoms with E-state index in [0.717, 1.165) is 44.1 Å². The summed E-state index contributed by atoms with van der Waals surface area (Å²) < 4.78 is 11.4. The molecule has 0 radical (unpaired) electrons. The molecule has 1 aliphatic rings. The monoisotopic (exact) mass is 264 g/mol. The quantitative estimate of drug-likeness (QED) is 0.654. The van der Waals surface area contributed by atoms with E-state index in [0.29, 0.717) is 12.2 Å². The third kappa shape index (κ3) is 4.73. The second kappa shape index (κ2) is 6.78. The fourth-order valence-electron chi connectivity index (χ4n) is 2.51. The van der Waals surface area contributed by atoms with E-state index in [-0.39, 0.29) is 0 Å². The highest BCUT2D eigenvalue weighted by atomic mass is 16.5. The second-order valence-corrected chi connectivity index (χ2v) is 5.29. The first kappa shape index (κ1) is 14.2. The van der Waals surface area contributed by atoms with Crippen molar-refractivity contribution in [3.63, 3.8) is 0 Å². The van der Waals surface area contributed by atoms with Gasteiger partial charge in [-0.05, 0) is 44.5 Å². The smallest absolute Gasteiger partial charge is 0.119 e. The van der Waals surface area contributed by atoms with Gasteiger partial charge in [0.15, 0.2) is 0 Å². The predicted octanol–water partition coefficient (Wildman–Crippen LogP) is 2.15. The van der Waals surface area contributed by atoms with Crippen LogP contribution in [0, 0.1) is 0 Å². The maximum atomic E-state index is 5.72. The van der Waals surface area contributed by atoms with Crippen LogP contribution in [0.4, 0.5) is 5.69 Å². The zero-order valence-corrected chi connectivity index (χ0v) is 11.8. The second-order valence-electron chi connectivity index (χ2n) is 5.29. The molecule has 0 bridgehead atoms. The van der Waals surface area contributed by atoms with Gasteiger partial charge in [0.05, 0.1) is 18.8 Å². The lowest BCUT2D eigenvalue weighted by atomic mass is 10.2. The van der Waals surface area contributed by atoms with Gasteiger partial charge in [-0.15, -0.1) is 0 Å². The molecule has 1 heterocycles. The Morgan fingerprint density at radius 3 is 2.47 bits per heavy atom. The summed E-state index contributed by atoms with van der Waals surface area (Å²) in [7, 11) is 0. The van der Waals surface area contributed by atoms with Crippen molar-refractivity contribution in [3.8, 4) is 5.75 Å². The van der Waals surface area contributed by atoms with Crippen LogP contribution in [0.2, 0.25) is 0 Å². The molecule has 1 aromatic rings. The topological polar surface area (TPSA) is 47.7 Å². The van der Waals surface area contributed by atoms with Crippen molar-refractivity contribution in [2.75, 3.05) is 32.0 Å². The van der Waals surface area contributed by atoms with Gasteiger partial charge in [-0.2, -0.15) is 0 Å². The third-order valence-corrected chi connectivity index (χ3v) is 3.26. The lowest BCUT2D eigenvalue weighted by Crippen LogP contribution is -2.45. The highest BCUT2D eigenvalue weighted by Crippen LogP contribution is 2.14. The number of nitrogen functional groups attached to an aromatic ring is 1. The van der Waals surface area contributed by atoms with Crippen LogP contribution in [0.1, 0.15) is 20.3 Å². The van der Waals surface area contributed by atoms with E-state index in [1.807, 2.05) is 24.3 Å². The van der Waals surface area contributed by atoms with Crippen LogP contribution in [0.15, 0.2) is 24.3 Å². The summed E-state index contributed by atoms with van der Waals surface area (Å²) in [5.41, 5.74) is 6.40. The van der Waals surface area contributed by atoms with Gasteiger partial charge < -0.3 is 15.2 Å². The van der Waals surface area contributed by atoms with Crippen molar-refractivity contribution in [1.29, 1.82) is 0 Å². The molecule has 0 spiro atoms. The van der Waals surface area contributed by atoms with Crippen LogP contribution in [0.25, 0.3) is 0 Å². The summed E-state index contributed by atoms with van der Waals surface area (Å²) in [5, 5.41) is 0. The Bertz CT molecular complexity index is 370. The standard InChI is InChI=1S/C15H24N2O2/c1-12-10-17(11-13(2)19-12)8-3-9-18-15-6-4-14(16)5-7-15/h4-7,12-13H,3,8-11,16H2,1-2H3/t12-,13+. The zero-order chi connectivity index (χ0) is 13.7. The number of anilines is 1. The summed E-state index contributed by atoms with van der Waals surface area (Å²) in [6.07, 6.45) is 1.70. The van der Waals surface area contributed by atoms with E-state index < -0.39 is 0 Å². The molecule has 2 atom stereocenters. The van der Waals surface area contributed by atoms with Crippen molar-refractivity contribution >= 4 is 5.69 Å². The number of ether oxygens (including phenoxy) is 2. The first-order chi connectivity index (χ1) is 9.13. The molecule has 1 fully saturated rings. The molecule has 0 amide bonds. The van der Waals surface area contributed by atoms with Crippen LogP contribution in [0.5, 0.6) is 5.75 Å². The van der Waals surface area contributed by atoms with Crippen molar-refractivity contribution in [2.45, 2.75) is 32.5 Å². The van der Waals surface area contributed by atoms with Gasteiger partial charge in [0.1, 0.15) is 5.75 Å². The molecular weight excluding hydrogens is 240 g/mol. The van der Waals surface area contributed by atoms with Crippen LogP contribution in [-0.2, 0) is 4.74 Å². The lowest BCUT2D eigenvalue weighted by Gasteiger charge is -2.35. The molecule has 0 saturated carbocycles. The van der Waals surface area contributed by atoms with Gasteiger partial charge in [0, 0.05) is 25.3 Å². The number of benzene rings is 1. The molecule has 1 aromatic carbocycles. The third-order valence-electron chi connectivity index (χ3n) is 3.26. The van der Waals surface area contributed by atoms with Crippen molar-refractivity contribution in [3.05, 3.63) is 24.3 Å². The van der Waals surface area contributed by atoms with Gasteiger partial charge in [0.25, 0.3) is 0 Å². The molecule has 0 aliphatic carbocycles. The van der Waals surface area contributed by atoms with Gasteiger partial charge in [-0.1, -0.05) is 0 Å². The number of nitrogens with two attached hydrogens (primary N) is 1. The molecule has 4 heteroatoms. The summed E-state index contributed by atoms with van der Waals surface area (Å²) in [6.45, 7) is 8.11. The minimum Gasteiger partial charge on any atom is -0.494 e. The van der Waals surface area contributed by atoms with Crippen LogP contribution in [0.3, 0.4) is 0 Å². The van der Waals surface area contributed by atoms with E-state index in [9.17, 15) is 0 Å². The highest BCUT2D eigenvalue weighted by Gasteiger charge is 2.21. The van der Waals surface area contributed by atoms with Crippen molar-refractivity contribution in [2.24, 2.45) is 0 Å². The molecule has 4 nitrogen and oxygen atoms in total. The first-order valence-electron chi connectivity index (χ1n) is 6.99. The van der Waals surface area contributed by atoms with Gasteiger partial charge >= 0.3 is 0 Å². The Labute approximate surface area is 115 Å². The van der Waals surface area contributed by atoms with Crippen LogP contribution >= 0.6 is 0 Å². The maximum Gasteiger partial charge on any atom is 0.119 e. The number of hydrogen-bond donors (Lipinski definition) is 1. The Kier molecular flexibility index (Phi) is 5.05. The lowest BCUT2D eigenvalue weighted by molar-refractivity contribution is -0.0686. The van der Waals surface area contributed by atoms with Gasteiger partial charge in [-0.25, -0.2) is 0 Å². The largest absolute Gasteiger partial charge is 0.494 e. The van der Waals surface area contributed by atoms with E-state index >= 15 is 0 Å². The van der Waals surface area contributed by atoms with Crippen LogP contribution < -0.4 is 10.5 Å². The molecule has 106 valence electrons. The Hall–Kier alpha value is -1.26. The number of nitrogens with zero attached hydrogens (tertiary/aromatic N) is 1. The predicted molar refractivity (Wildman–Crippen MR) is 77.4 cm³/mol. The molecule has 1 saturated heterocycles. The number of hydrogen-bond acceptors (Lipinski definition) is 4. The minimum absolute atomic E-state index is 0.335. The van der Waals surface area contributed by atoms with Crippen LogP contribution in [-0.4, -0.2) is 43.3 Å². The normalized spacial score (nSPS) is 24.3. The average molecular weight is 264 g/mol. The molecular formula is C15H24N2O2. The SMILES string of the molecule is C[C@@H]1CN(CCCOc2ccc(N)cc2)C[C@H](C)O1. The van der Waals surface area contributed by atoms with E-state index in [1.54, 1.807) is 0 Å². The number of rotatable bonds is 5. The summed E-state index contributed by atoms with van der Waals surface area (Å²) in [5.74, 6) is 0.887. The fourth-order valence-corrected chi connectivity index (χ4v) is 2.51. The summed E-state index contributed by atoms with van der Waals surface area (Å²) in [4.78, 5) is 2.45. The van der Waals surface area contributed by atoms with Gasteiger partial charge in [-0.3, -0.25) is 4.90 Å². The van der Waals surface area contributed by atoms with E-state index in [1.165, 1.54) is 0 Å². The molecule has 1 aliphatic heterocycles. The van der Waals surface area contributed by atoms with E-state index in [2.05, 4.69) is 18.7 Å². The molecule has 19 heavy (non-hydrogen) atoms. The molecule has 2 rings (SSSR count). The molecule has 2 N–H and O–H groups in total. The fraction of sp³-hybridized carbons (Fsp3) is 0.600. The first-order valence-corrected chi connectivity index (χ1v) is 6.99. The average Bonchev–Trinajstić information content (AvgIpc) is 2.36. The Balaban J connectivity index is 1.65. The molecule has 0 aromatic heterocycles. The van der Waals surface area contributed by atoms with Crippen molar-refractivity contribution in [1.82, 2.24) is 4.90 Å². The Morgan fingerprint density at radius 1 is 1.21 bits per heavy atom. The summed E-state index contributed by atoms with van der Waals surface area (Å²) in [6, 6.07) is 7.55. The van der Waals surface area contributed by atoms with E-state index in [4.69, 9.17) is 15.2 Å². The maximum absolute atomic E-state index is 5.72. The molecule has 0 unspecified atom stereocenters. The summed E-state index contributed by atoms with van der Waals surface area (Å²) >= 11 is 0. The van der Waals surface area contributed by atoms with Crippen molar-refractivity contribution < 1.29 is 9.47 Å². The van der Waals surface area contributed by atoms with Gasteiger partial charge in [0.2, 0.25) is 0 Å².